The summed E-state index contributed by atoms with van der Waals surface area (Å²) in [6.45, 7) is 0.653. The quantitative estimate of drug-likeness (QED) is 0.649. The molecule has 0 spiro atoms. The number of benzene rings is 2. The number of hydrogen-bond donors (Lipinski definition) is 1. The van der Waals surface area contributed by atoms with Crippen molar-refractivity contribution in [2.45, 2.75) is 31.8 Å². The first-order valence-electron chi connectivity index (χ1n) is 7.28. The number of nitrogens with one attached hydrogen (secondary N) is 1. The van der Waals surface area contributed by atoms with Gasteiger partial charge in [0.05, 0.1) is 4.92 Å². The van der Waals surface area contributed by atoms with E-state index in [-0.39, 0.29) is 27.6 Å². The minimum Gasteiger partial charge on any atom is -0.306 e. The molecule has 0 aliphatic heterocycles. The predicted octanol–water partition coefficient (Wildman–Crippen LogP) is 4.34. The summed E-state index contributed by atoms with van der Waals surface area (Å²) in [7, 11) is 0. The van der Waals surface area contributed by atoms with Gasteiger partial charge >= 0.3 is 0 Å². The van der Waals surface area contributed by atoms with E-state index in [1.54, 1.807) is 12.1 Å². The molecular weight excluding hydrogens is 344 g/mol. The highest BCUT2D eigenvalue weighted by atomic mass is 79.9. The van der Waals surface area contributed by atoms with Crippen LogP contribution in [0.25, 0.3) is 0 Å². The molecule has 5 heteroatoms. The molecule has 0 radical (unpaired) electrons. The van der Waals surface area contributed by atoms with Crippen LogP contribution in [0.3, 0.4) is 0 Å². The van der Waals surface area contributed by atoms with E-state index < -0.39 is 0 Å². The summed E-state index contributed by atoms with van der Waals surface area (Å²) in [5.41, 5.74) is 3.89. The van der Waals surface area contributed by atoms with Crippen molar-refractivity contribution in [1.29, 1.82) is 0 Å². The third-order valence-corrected chi connectivity index (χ3v) is 4.04. The van der Waals surface area contributed by atoms with Crippen molar-refractivity contribution in [2.75, 3.05) is 0 Å². The van der Waals surface area contributed by atoms with Crippen LogP contribution in [0.4, 0.5) is 5.69 Å². The van der Waals surface area contributed by atoms with E-state index in [1.807, 2.05) is 6.07 Å². The maximum atomic E-state index is 10.8. The first-order valence-corrected chi connectivity index (χ1v) is 7.28. The lowest BCUT2D eigenvalue weighted by Crippen LogP contribution is -2.24. The lowest BCUT2D eigenvalue weighted by molar-refractivity contribution is -0.384. The number of fused-ring (bicyclic) bond motifs is 1. The molecule has 3 rings (SSSR count). The van der Waals surface area contributed by atoms with Crippen LogP contribution in [0.5, 0.6) is 0 Å². The van der Waals surface area contributed by atoms with Crippen molar-refractivity contribution in [2.24, 2.45) is 0 Å². The zero-order valence-corrected chi connectivity index (χ0v) is 13.9. The summed E-state index contributed by atoms with van der Waals surface area (Å²) in [5, 5.41) is 14.3. The zero-order valence-electron chi connectivity index (χ0n) is 12.2. The van der Waals surface area contributed by atoms with Crippen LogP contribution in [0.2, 0.25) is 0 Å². The molecule has 0 bridgehead atoms. The summed E-state index contributed by atoms with van der Waals surface area (Å²) < 4.78 is 0. The lowest BCUT2D eigenvalue weighted by Gasteiger charge is -2.26. The number of nitro benzene ring substituents is 1. The summed E-state index contributed by atoms with van der Waals surface area (Å²) in [5.74, 6) is 0. The van der Waals surface area contributed by atoms with Gasteiger partial charge in [0.2, 0.25) is 0 Å². The summed E-state index contributed by atoms with van der Waals surface area (Å²) in [6, 6.07) is 15.7. The monoisotopic (exact) mass is 362 g/mol. The molecule has 0 saturated heterocycles. The fourth-order valence-electron chi connectivity index (χ4n) is 2.99. The normalized spacial score (nSPS) is 16.5. The molecule has 1 aliphatic rings. The number of rotatable bonds is 4. The highest BCUT2D eigenvalue weighted by Crippen LogP contribution is 2.29. The minimum atomic E-state index is -0.348. The number of hydrogen-bond acceptors (Lipinski definition) is 3. The second kappa shape index (κ2) is 7.51. The van der Waals surface area contributed by atoms with Crippen molar-refractivity contribution in [1.82, 2.24) is 5.32 Å². The Kier molecular flexibility index (Phi) is 5.69. The van der Waals surface area contributed by atoms with E-state index in [0.29, 0.717) is 12.6 Å². The molecule has 2 aromatic rings. The van der Waals surface area contributed by atoms with Gasteiger partial charge in [-0.05, 0) is 36.0 Å². The summed E-state index contributed by atoms with van der Waals surface area (Å²) in [4.78, 5) is 10.5. The van der Waals surface area contributed by atoms with E-state index in [0.717, 1.165) is 18.4 Å². The zero-order chi connectivity index (χ0) is 14.7. The molecule has 1 N–H and O–H groups in total. The molecule has 4 nitrogen and oxygen atoms in total. The van der Waals surface area contributed by atoms with Gasteiger partial charge in [-0.1, -0.05) is 36.4 Å². The van der Waals surface area contributed by atoms with Gasteiger partial charge in [0, 0.05) is 24.7 Å². The average Bonchev–Trinajstić information content (AvgIpc) is 2.53. The van der Waals surface area contributed by atoms with E-state index in [4.69, 9.17) is 0 Å². The van der Waals surface area contributed by atoms with Crippen LogP contribution in [-0.4, -0.2) is 4.92 Å². The van der Waals surface area contributed by atoms with Gasteiger partial charge in [-0.3, -0.25) is 10.1 Å². The molecule has 0 saturated carbocycles. The first-order chi connectivity index (χ1) is 10.2. The highest BCUT2D eigenvalue weighted by Gasteiger charge is 2.19. The Bertz CT molecular complexity index is 661. The average molecular weight is 363 g/mol. The minimum absolute atomic E-state index is 0. The second-order valence-corrected chi connectivity index (χ2v) is 5.45. The van der Waals surface area contributed by atoms with Crippen LogP contribution >= 0.6 is 17.0 Å². The molecular formula is C17H19BrN2O2. The van der Waals surface area contributed by atoms with Gasteiger partial charge in [-0.15, -0.1) is 17.0 Å². The van der Waals surface area contributed by atoms with Crippen LogP contribution in [0.15, 0.2) is 48.5 Å². The van der Waals surface area contributed by atoms with E-state index >= 15 is 0 Å². The number of nitro groups is 1. The molecule has 0 amide bonds. The van der Waals surface area contributed by atoms with Crippen LogP contribution in [-0.2, 0) is 13.0 Å². The summed E-state index contributed by atoms with van der Waals surface area (Å²) >= 11 is 0. The number of halogens is 1. The maximum Gasteiger partial charge on any atom is 0.269 e. The molecule has 1 unspecified atom stereocenters. The maximum absolute atomic E-state index is 10.8. The molecule has 2 aromatic carbocycles. The van der Waals surface area contributed by atoms with Gasteiger partial charge in [0.25, 0.3) is 5.69 Å². The Balaban J connectivity index is 0.00000176. The second-order valence-electron chi connectivity index (χ2n) is 5.45. The molecule has 1 aliphatic carbocycles. The lowest BCUT2D eigenvalue weighted by atomic mass is 9.87. The van der Waals surface area contributed by atoms with Crippen molar-refractivity contribution in [3.8, 4) is 0 Å². The van der Waals surface area contributed by atoms with Gasteiger partial charge in [-0.2, -0.15) is 0 Å². The number of nitrogens with zero attached hydrogens (tertiary/aromatic N) is 1. The third-order valence-electron chi connectivity index (χ3n) is 4.04. The van der Waals surface area contributed by atoms with Gasteiger partial charge in [0.15, 0.2) is 0 Å². The first kappa shape index (κ1) is 16.6. The van der Waals surface area contributed by atoms with Gasteiger partial charge < -0.3 is 5.32 Å². The molecule has 1 atom stereocenters. The Hall–Kier alpha value is -1.72. The fourth-order valence-corrected chi connectivity index (χ4v) is 2.99. The van der Waals surface area contributed by atoms with E-state index in [1.165, 1.54) is 23.6 Å². The Labute approximate surface area is 140 Å². The van der Waals surface area contributed by atoms with Gasteiger partial charge in [-0.25, -0.2) is 0 Å². The fraction of sp³-hybridized carbons (Fsp3) is 0.294. The van der Waals surface area contributed by atoms with Crippen LogP contribution in [0.1, 0.15) is 35.6 Å². The molecule has 0 fully saturated rings. The largest absolute Gasteiger partial charge is 0.306 e. The number of non-ortho nitro benzene ring substituents is 1. The Morgan fingerprint density at radius 2 is 2.00 bits per heavy atom. The van der Waals surface area contributed by atoms with Crippen molar-refractivity contribution >= 4 is 22.7 Å². The van der Waals surface area contributed by atoms with Crippen molar-refractivity contribution < 1.29 is 4.92 Å². The summed E-state index contributed by atoms with van der Waals surface area (Å²) in [6.07, 6.45) is 3.45. The molecule has 0 heterocycles. The van der Waals surface area contributed by atoms with E-state index in [9.17, 15) is 10.1 Å². The van der Waals surface area contributed by atoms with Crippen molar-refractivity contribution in [3.63, 3.8) is 0 Å². The third kappa shape index (κ3) is 3.72. The molecule has 22 heavy (non-hydrogen) atoms. The standard InChI is InChI=1S/C17H18N2O2.BrH/c20-19(21)15-8-3-5-13(11-15)12-18-17-10-4-7-14-6-1-2-9-16(14)17;/h1-3,5-6,8-9,11,17-18H,4,7,10,12H2;1H. The van der Waals surface area contributed by atoms with E-state index in [2.05, 4.69) is 29.6 Å². The van der Waals surface area contributed by atoms with Crippen molar-refractivity contribution in [3.05, 3.63) is 75.3 Å². The van der Waals surface area contributed by atoms with Crippen LogP contribution in [0, 0.1) is 10.1 Å². The van der Waals surface area contributed by atoms with Crippen LogP contribution < -0.4 is 5.32 Å². The molecule has 0 aromatic heterocycles. The Morgan fingerprint density at radius 3 is 2.82 bits per heavy atom. The highest BCUT2D eigenvalue weighted by molar-refractivity contribution is 8.93. The smallest absolute Gasteiger partial charge is 0.269 e. The van der Waals surface area contributed by atoms with Gasteiger partial charge in [0.1, 0.15) is 0 Å². The molecule has 116 valence electrons. The SMILES string of the molecule is Br.O=[N+]([O-])c1cccc(CNC2CCCc3ccccc32)c1. The predicted molar refractivity (Wildman–Crippen MR) is 92.4 cm³/mol. The Morgan fingerprint density at radius 1 is 1.18 bits per heavy atom. The number of aryl methyl sites for hydroxylation is 1. The topological polar surface area (TPSA) is 55.2 Å².